The van der Waals surface area contributed by atoms with Gasteiger partial charge in [0.25, 0.3) is 0 Å². The van der Waals surface area contributed by atoms with Crippen molar-refractivity contribution in [2.75, 3.05) is 27.2 Å². The van der Waals surface area contributed by atoms with Gasteiger partial charge in [-0.25, -0.2) is 0 Å². The van der Waals surface area contributed by atoms with E-state index in [2.05, 4.69) is 80.4 Å². The molecule has 2 saturated heterocycles. The van der Waals surface area contributed by atoms with Gasteiger partial charge in [0.05, 0.1) is 24.2 Å². The smallest absolute Gasteiger partial charge is 0.246 e. The van der Waals surface area contributed by atoms with Crippen LogP contribution >= 0.6 is 0 Å². The molecule has 72 heavy (non-hydrogen) atoms. The van der Waals surface area contributed by atoms with Crippen LogP contribution in [-0.4, -0.2) is 109 Å². The van der Waals surface area contributed by atoms with Gasteiger partial charge in [0.2, 0.25) is 35.4 Å². The van der Waals surface area contributed by atoms with Crippen LogP contribution in [0.4, 0.5) is 0 Å². The Balaban J connectivity index is 0.912. The SMILES string of the molecule is CN[C@@H](C)C(=O)N[C@H](C(=O)N1CCC[C@H]1C(=O)N[C@H]1c2ccccc2C[C@H]1c1ccc([C@@H]2Cc3ccccc3[C@@H]2NC(=O)[C@@H]2CCCN2C(=O)[C@@H](NC(=O)[C@H](C)NC)C2CCCCC2)cc1)C1CCCCC1. The Bertz CT molecular complexity index is 2270. The van der Waals surface area contributed by atoms with Gasteiger partial charge in [-0.15, -0.1) is 0 Å². The largest absolute Gasteiger partial charge is 0.347 e. The van der Waals surface area contributed by atoms with E-state index in [1.807, 2.05) is 24.3 Å². The summed E-state index contributed by atoms with van der Waals surface area (Å²) in [5.41, 5.74) is 6.72. The fourth-order valence-electron chi connectivity index (χ4n) is 13.1. The van der Waals surface area contributed by atoms with E-state index in [0.29, 0.717) is 25.9 Å². The van der Waals surface area contributed by atoms with Crippen molar-refractivity contribution >= 4 is 35.4 Å². The minimum atomic E-state index is -0.667. The van der Waals surface area contributed by atoms with E-state index in [0.717, 1.165) is 112 Å². The molecule has 4 fully saturated rings. The number of carbonyl (C=O) groups is 6. The summed E-state index contributed by atoms with van der Waals surface area (Å²) < 4.78 is 0. The molecule has 0 unspecified atom stereocenters. The summed E-state index contributed by atoms with van der Waals surface area (Å²) in [7, 11) is 3.47. The van der Waals surface area contributed by atoms with Gasteiger partial charge in [0.15, 0.2) is 0 Å². The molecule has 6 N–H and O–H groups in total. The van der Waals surface area contributed by atoms with Crippen LogP contribution in [0.25, 0.3) is 0 Å². The maximum absolute atomic E-state index is 14.6. The number of amides is 6. The zero-order chi connectivity index (χ0) is 50.5. The van der Waals surface area contributed by atoms with Crippen molar-refractivity contribution in [3.05, 3.63) is 106 Å². The number of nitrogens with zero attached hydrogens (tertiary/aromatic N) is 2. The highest BCUT2D eigenvalue weighted by Gasteiger charge is 2.45. The van der Waals surface area contributed by atoms with Crippen molar-refractivity contribution in [1.29, 1.82) is 0 Å². The average molecular weight is 983 g/mol. The van der Waals surface area contributed by atoms with Gasteiger partial charge in [-0.1, -0.05) is 111 Å². The van der Waals surface area contributed by atoms with Gasteiger partial charge < -0.3 is 41.7 Å². The first-order valence-corrected chi connectivity index (χ1v) is 27.4. The average Bonchev–Trinajstić information content (AvgIpc) is 4.25. The van der Waals surface area contributed by atoms with E-state index in [-0.39, 0.29) is 71.2 Å². The molecule has 386 valence electrons. The molecular weight excluding hydrogens is 905 g/mol. The molecule has 3 aromatic carbocycles. The van der Waals surface area contributed by atoms with Crippen molar-refractivity contribution < 1.29 is 28.8 Å². The molecule has 10 atom stereocenters. The summed E-state index contributed by atoms with van der Waals surface area (Å²) >= 11 is 0. The molecular formula is C58H78N8O6. The van der Waals surface area contributed by atoms with Crippen LogP contribution < -0.4 is 31.9 Å². The standard InChI is InChI=1S/C58H78N8O6/c1-35(59-3)53(67)61-49(39-17-7-5-8-18-39)57(71)65-31-15-25-47(65)55(69)63-51-43-23-13-11-21-41(43)33-45(51)37-27-29-38(30-28-37)46-34-42-22-12-14-24-44(42)52(46)64-56(70)48-26-16-32-66(48)58(72)50(40-19-9-6-10-20-40)62-54(68)36(2)60-4/h11-14,21-24,27-30,35-36,39-40,45-52,59-60H,5-10,15-20,25-26,31-34H2,1-4H3,(H,61,67)(H,62,68)(H,63,69)(H,64,70)/t35-,36-,45-,46-,47-,48-,49-,50-,51-,52-/m0/s1. The van der Waals surface area contributed by atoms with Crippen molar-refractivity contribution in [1.82, 2.24) is 41.7 Å². The lowest BCUT2D eigenvalue weighted by Gasteiger charge is -2.35. The number of hydrogen-bond acceptors (Lipinski definition) is 8. The summed E-state index contributed by atoms with van der Waals surface area (Å²) in [6, 6.07) is 21.2. The molecule has 2 heterocycles. The van der Waals surface area contributed by atoms with Gasteiger partial charge in [-0.2, -0.15) is 0 Å². The van der Waals surface area contributed by atoms with Crippen LogP contribution in [0.5, 0.6) is 0 Å². The number of rotatable bonds is 16. The van der Waals surface area contributed by atoms with E-state index < -0.39 is 36.3 Å². The zero-order valence-corrected chi connectivity index (χ0v) is 42.9. The molecule has 3 aromatic rings. The first-order valence-electron chi connectivity index (χ1n) is 27.4. The summed E-state index contributed by atoms with van der Waals surface area (Å²) in [6.45, 7) is 4.53. The molecule has 14 nitrogen and oxygen atoms in total. The van der Waals surface area contributed by atoms with Crippen LogP contribution in [0.3, 0.4) is 0 Å². The molecule has 0 aromatic heterocycles. The van der Waals surface area contributed by atoms with Gasteiger partial charge in [-0.05, 0) is 137 Å². The van der Waals surface area contributed by atoms with Gasteiger partial charge in [0, 0.05) is 24.9 Å². The van der Waals surface area contributed by atoms with Crippen molar-refractivity contribution in [3.63, 3.8) is 0 Å². The lowest BCUT2D eigenvalue weighted by Crippen LogP contribution is -2.58. The minimum Gasteiger partial charge on any atom is -0.347 e. The molecule has 14 heteroatoms. The van der Waals surface area contributed by atoms with Crippen molar-refractivity contribution in [2.24, 2.45) is 11.8 Å². The summed E-state index contributed by atoms with van der Waals surface area (Å²) in [6.07, 6.45) is 13.9. The number of likely N-dealkylation sites (tertiary alicyclic amines) is 2. The van der Waals surface area contributed by atoms with E-state index in [9.17, 15) is 28.8 Å². The number of hydrogen-bond donors (Lipinski definition) is 6. The Hall–Kier alpha value is -5.60. The number of likely N-dealkylation sites (N-methyl/N-ethyl adjacent to an activating group) is 2. The number of benzene rings is 3. The second-order valence-corrected chi connectivity index (χ2v) is 21.8. The summed E-state index contributed by atoms with van der Waals surface area (Å²) in [5, 5.41) is 19.1. The van der Waals surface area contributed by atoms with Crippen LogP contribution in [-0.2, 0) is 41.6 Å². The fraction of sp³-hybridized carbons (Fsp3) is 0.586. The lowest BCUT2D eigenvalue weighted by molar-refractivity contribution is -0.143. The molecule has 2 aliphatic heterocycles. The highest BCUT2D eigenvalue weighted by molar-refractivity contribution is 5.95. The van der Waals surface area contributed by atoms with Gasteiger partial charge >= 0.3 is 0 Å². The van der Waals surface area contributed by atoms with Crippen LogP contribution in [0.2, 0.25) is 0 Å². The third kappa shape index (κ3) is 10.9. The predicted molar refractivity (Wildman–Crippen MR) is 278 cm³/mol. The number of fused-ring (bicyclic) bond motifs is 2. The Morgan fingerprint density at radius 1 is 0.486 bits per heavy atom. The van der Waals surface area contributed by atoms with E-state index in [4.69, 9.17) is 0 Å². The lowest BCUT2D eigenvalue weighted by atomic mass is 9.83. The van der Waals surface area contributed by atoms with Crippen LogP contribution in [0.15, 0.2) is 72.8 Å². The topological polar surface area (TPSA) is 181 Å². The van der Waals surface area contributed by atoms with E-state index >= 15 is 0 Å². The zero-order valence-electron chi connectivity index (χ0n) is 42.9. The third-order valence-corrected chi connectivity index (χ3v) is 17.6. The molecule has 6 amide bonds. The monoisotopic (exact) mass is 983 g/mol. The first-order chi connectivity index (χ1) is 34.9. The number of carbonyl (C=O) groups excluding carboxylic acids is 6. The first kappa shape index (κ1) is 51.3. The maximum atomic E-state index is 14.6. The Morgan fingerprint density at radius 2 is 0.861 bits per heavy atom. The molecule has 0 radical (unpaired) electrons. The quantitative estimate of drug-likeness (QED) is 0.101. The minimum absolute atomic E-state index is 0.0360. The van der Waals surface area contributed by atoms with Crippen LogP contribution in [0.1, 0.15) is 161 Å². The third-order valence-electron chi connectivity index (χ3n) is 17.6. The second kappa shape index (κ2) is 23.1. The fourth-order valence-corrected chi connectivity index (χ4v) is 13.1. The Labute approximate surface area is 426 Å². The molecule has 6 aliphatic rings. The number of nitrogens with one attached hydrogen (secondary N) is 6. The maximum Gasteiger partial charge on any atom is 0.246 e. The van der Waals surface area contributed by atoms with Crippen molar-refractivity contribution in [2.45, 2.75) is 177 Å². The van der Waals surface area contributed by atoms with E-state index in [1.165, 1.54) is 11.1 Å². The van der Waals surface area contributed by atoms with Gasteiger partial charge in [-0.3, -0.25) is 28.8 Å². The van der Waals surface area contributed by atoms with Gasteiger partial charge in [0.1, 0.15) is 24.2 Å². The highest BCUT2D eigenvalue weighted by Crippen LogP contribution is 2.46. The Morgan fingerprint density at radius 3 is 1.24 bits per heavy atom. The molecule has 0 bridgehead atoms. The molecule has 4 aliphatic carbocycles. The Kier molecular flexibility index (Phi) is 16.4. The predicted octanol–water partition coefficient (Wildman–Crippen LogP) is 6.01. The molecule has 2 saturated carbocycles. The molecule has 9 rings (SSSR count). The molecule has 0 spiro atoms. The summed E-state index contributed by atoms with van der Waals surface area (Å²) in [5.74, 6) is -1.07. The van der Waals surface area contributed by atoms with E-state index in [1.54, 1.807) is 37.7 Å². The highest BCUT2D eigenvalue weighted by atomic mass is 16.2. The van der Waals surface area contributed by atoms with Crippen molar-refractivity contribution in [3.8, 4) is 0 Å². The normalized spacial score (nSPS) is 25.9. The second-order valence-electron chi connectivity index (χ2n) is 21.8. The summed E-state index contributed by atoms with van der Waals surface area (Å²) in [4.78, 5) is 88.1. The van der Waals surface area contributed by atoms with Crippen LogP contribution in [0, 0.1) is 11.8 Å².